The number of aliphatic imine (C=N–C) groups is 1. The zero-order valence-corrected chi connectivity index (χ0v) is 13.5. The molecule has 1 aliphatic heterocycles. The molecular formula is C14H14Cl2N2O4. The standard InChI is InChI=1S/C14H14Cl2N2O4/c1-20-8-11(13(19)21-2)18-6-7-22-14(18)17-12-9(15)4-3-5-10(12)16/h3-5,8H,6-7H2,1-2H3/b11-8-,17-14?. The van der Waals surface area contributed by atoms with Crippen LogP contribution in [0.3, 0.4) is 0 Å². The average Bonchev–Trinajstić information content (AvgIpc) is 2.96. The molecule has 2 rings (SSSR count). The molecule has 0 atom stereocenters. The Morgan fingerprint density at radius 1 is 1.36 bits per heavy atom. The van der Waals surface area contributed by atoms with Gasteiger partial charge in [-0.15, -0.1) is 0 Å². The van der Waals surface area contributed by atoms with Gasteiger partial charge in [-0.25, -0.2) is 4.79 Å². The minimum atomic E-state index is -0.565. The van der Waals surface area contributed by atoms with Crippen LogP contribution in [0.25, 0.3) is 0 Å². The fourth-order valence-corrected chi connectivity index (χ4v) is 2.33. The lowest BCUT2D eigenvalue weighted by molar-refractivity contribution is -0.137. The van der Waals surface area contributed by atoms with Crippen LogP contribution in [0, 0.1) is 0 Å². The number of carbonyl (C=O) groups is 1. The number of para-hydroxylation sites is 1. The fraction of sp³-hybridized carbons (Fsp3) is 0.286. The van der Waals surface area contributed by atoms with Gasteiger partial charge in [0.25, 0.3) is 6.02 Å². The maximum absolute atomic E-state index is 11.8. The number of benzene rings is 1. The summed E-state index contributed by atoms with van der Waals surface area (Å²) in [6, 6.07) is 5.24. The van der Waals surface area contributed by atoms with Crippen molar-refractivity contribution in [1.29, 1.82) is 0 Å². The smallest absolute Gasteiger partial charge is 0.358 e. The van der Waals surface area contributed by atoms with E-state index >= 15 is 0 Å². The van der Waals surface area contributed by atoms with Crippen LogP contribution < -0.4 is 0 Å². The summed E-state index contributed by atoms with van der Waals surface area (Å²) in [7, 11) is 2.71. The van der Waals surface area contributed by atoms with E-state index in [0.717, 1.165) is 0 Å². The number of halogens is 2. The molecule has 1 fully saturated rings. The van der Waals surface area contributed by atoms with Gasteiger partial charge in [-0.2, -0.15) is 4.99 Å². The average molecular weight is 345 g/mol. The van der Waals surface area contributed by atoms with Crippen LogP contribution in [0.5, 0.6) is 0 Å². The van der Waals surface area contributed by atoms with E-state index in [0.29, 0.717) is 28.9 Å². The third kappa shape index (κ3) is 3.45. The summed E-state index contributed by atoms with van der Waals surface area (Å²) in [5.74, 6) is -0.565. The Labute approximate surface area is 137 Å². The molecule has 0 aromatic heterocycles. The number of carbonyl (C=O) groups excluding carboxylic acids is 1. The molecule has 118 valence electrons. The van der Waals surface area contributed by atoms with E-state index in [-0.39, 0.29) is 11.7 Å². The Kier molecular flexibility index (Phi) is 5.51. The predicted octanol–water partition coefficient (Wildman–Crippen LogP) is 2.97. The van der Waals surface area contributed by atoms with Crippen molar-refractivity contribution in [1.82, 2.24) is 4.90 Å². The second kappa shape index (κ2) is 7.38. The minimum absolute atomic E-state index is 0.171. The fourth-order valence-electron chi connectivity index (χ4n) is 1.85. The van der Waals surface area contributed by atoms with Gasteiger partial charge in [0, 0.05) is 0 Å². The Balaban J connectivity index is 2.40. The molecule has 1 aliphatic rings. The van der Waals surface area contributed by atoms with Crippen molar-refractivity contribution < 1.29 is 19.0 Å². The van der Waals surface area contributed by atoms with E-state index < -0.39 is 5.97 Å². The summed E-state index contributed by atoms with van der Waals surface area (Å²) in [6.07, 6.45) is 1.27. The second-order valence-electron chi connectivity index (χ2n) is 4.20. The molecule has 8 heteroatoms. The molecule has 0 aliphatic carbocycles. The first kappa shape index (κ1) is 16.5. The summed E-state index contributed by atoms with van der Waals surface area (Å²) in [5, 5.41) is 0.761. The number of ether oxygens (including phenoxy) is 3. The Bertz CT molecular complexity index is 611. The lowest BCUT2D eigenvalue weighted by Crippen LogP contribution is -2.30. The summed E-state index contributed by atoms with van der Waals surface area (Å²) in [4.78, 5) is 17.7. The maximum atomic E-state index is 11.8. The molecule has 0 spiro atoms. The summed E-state index contributed by atoms with van der Waals surface area (Å²) < 4.78 is 15.1. The van der Waals surface area contributed by atoms with Gasteiger partial charge in [-0.1, -0.05) is 29.3 Å². The van der Waals surface area contributed by atoms with Gasteiger partial charge in [-0.3, -0.25) is 4.90 Å². The van der Waals surface area contributed by atoms with Crippen LogP contribution >= 0.6 is 23.2 Å². The Hall–Kier alpha value is -1.92. The number of hydrogen-bond donors (Lipinski definition) is 0. The highest BCUT2D eigenvalue weighted by molar-refractivity contribution is 6.38. The van der Waals surface area contributed by atoms with Gasteiger partial charge >= 0.3 is 5.97 Å². The van der Waals surface area contributed by atoms with Gasteiger partial charge < -0.3 is 14.2 Å². The second-order valence-corrected chi connectivity index (χ2v) is 5.01. The number of methoxy groups -OCH3 is 2. The molecule has 6 nitrogen and oxygen atoms in total. The highest BCUT2D eigenvalue weighted by Gasteiger charge is 2.29. The van der Waals surface area contributed by atoms with Crippen molar-refractivity contribution in [3.05, 3.63) is 40.2 Å². The Morgan fingerprint density at radius 2 is 2.05 bits per heavy atom. The van der Waals surface area contributed by atoms with E-state index in [1.807, 2.05) is 0 Å². The molecule has 0 amide bonds. The van der Waals surface area contributed by atoms with E-state index in [1.54, 1.807) is 18.2 Å². The van der Waals surface area contributed by atoms with E-state index in [9.17, 15) is 4.79 Å². The number of hydrogen-bond acceptors (Lipinski definition) is 5. The molecule has 0 bridgehead atoms. The highest BCUT2D eigenvalue weighted by Crippen LogP contribution is 2.33. The first-order valence-electron chi connectivity index (χ1n) is 6.32. The molecule has 22 heavy (non-hydrogen) atoms. The normalized spacial score (nSPS) is 16.6. The molecule has 0 saturated carbocycles. The van der Waals surface area contributed by atoms with Gasteiger partial charge in [-0.05, 0) is 12.1 Å². The quantitative estimate of drug-likeness (QED) is 0.477. The molecule has 1 heterocycles. The number of nitrogens with zero attached hydrogens (tertiary/aromatic N) is 2. The number of amidine groups is 1. The van der Waals surface area contributed by atoms with Crippen molar-refractivity contribution in [2.24, 2.45) is 4.99 Å². The van der Waals surface area contributed by atoms with Crippen molar-refractivity contribution in [2.75, 3.05) is 27.4 Å². The minimum Gasteiger partial charge on any atom is -0.502 e. The van der Waals surface area contributed by atoms with Crippen LogP contribution in [-0.2, 0) is 19.0 Å². The third-order valence-corrected chi connectivity index (χ3v) is 3.45. The van der Waals surface area contributed by atoms with Crippen molar-refractivity contribution in [3.8, 4) is 0 Å². The summed E-state index contributed by atoms with van der Waals surface area (Å²) >= 11 is 12.2. The third-order valence-electron chi connectivity index (χ3n) is 2.84. The highest BCUT2D eigenvalue weighted by atomic mass is 35.5. The van der Waals surface area contributed by atoms with Crippen molar-refractivity contribution >= 4 is 40.9 Å². The van der Waals surface area contributed by atoms with Crippen LogP contribution in [0.4, 0.5) is 5.69 Å². The number of rotatable bonds is 4. The summed E-state index contributed by atoms with van der Waals surface area (Å²) in [6.45, 7) is 0.782. The molecule has 1 saturated heterocycles. The molecule has 0 N–H and O–H groups in total. The zero-order valence-electron chi connectivity index (χ0n) is 12.0. The SMILES string of the molecule is CO/C=C(/C(=O)OC)N1CCOC1=Nc1c(Cl)cccc1Cl. The largest absolute Gasteiger partial charge is 0.502 e. The summed E-state index contributed by atoms with van der Waals surface area (Å²) in [5.41, 5.74) is 0.541. The molecule has 1 aromatic carbocycles. The van der Waals surface area contributed by atoms with Crippen LogP contribution in [0.2, 0.25) is 10.0 Å². The van der Waals surface area contributed by atoms with E-state index in [2.05, 4.69) is 4.99 Å². The van der Waals surface area contributed by atoms with Crippen LogP contribution in [0.1, 0.15) is 0 Å². The van der Waals surface area contributed by atoms with E-state index in [1.165, 1.54) is 25.4 Å². The molecule has 0 radical (unpaired) electrons. The predicted molar refractivity (Wildman–Crippen MR) is 83.3 cm³/mol. The lowest BCUT2D eigenvalue weighted by Gasteiger charge is -2.17. The molecular weight excluding hydrogens is 331 g/mol. The Morgan fingerprint density at radius 3 is 2.64 bits per heavy atom. The van der Waals surface area contributed by atoms with E-state index in [4.69, 9.17) is 37.4 Å². The van der Waals surface area contributed by atoms with Crippen LogP contribution in [-0.4, -0.2) is 44.3 Å². The van der Waals surface area contributed by atoms with Gasteiger partial charge in [0.05, 0.1) is 30.8 Å². The van der Waals surface area contributed by atoms with Gasteiger partial charge in [0.1, 0.15) is 18.6 Å². The monoisotopic (exact) mass is 344 g/mol. The first-order chi connectivity index (χ1) is 10.6. The van der Waals surface area contributed by atoms with Gasteiger partial charge in [0.2, 0.25) is 0 Å². The number of esters is 1. The molecule has 0 unspecified atom stereocenters. The topological polar surface area (TPSA) is 60.4 Å². The zero-order chi connectivity index (χ0) is 16.1. The lowest BCUT2D eigenvalue weighted by atomic mass is 10.3. The van der Waals surface area contributed by atoms with Crippen molar-refractivity contribution in [2.45, 2.75) is 0 Å². The molecule has 1 aromatic rings. The van der Waals surface area contributed by atoms with Crippen LogP contribution in [0.15, 0.2) is 35.2 Å². The van der Waals surface area contributed by atoms with Gasteiger partial charge in [0.15, 0.2) is 5.70 Å². The first-order valence-corrected chi connectivity index (χ1v) is 7.08. The maximum Gasteiger partial charge on any atom is 0.358 e. The van der Waals surface area contributed by atoms with Crippen molar-refractivity contribution in [3.63, 3.8) is 0 Å².